The third kappa shape index (κ3) is 5.12. The summed E-state index contributed by atoms with van der Waals surface area (Å²) in [5.74, 6) is 1.38. The van der Waals surface area contributed by atoms with Gasteiger partial charge in [0.05, 0.1) is 12.4 Å². The minimum Gasteiger partial charge on any atom is -0.354 e. The number of nitrogens with zero attached hydrogens (tertiary/aromatic N) is 3. The Labute approximate surface area is 131 Å². The molecule has 0 aliphatic carbocycles. The summed E-state index contributed by atoms with van der Waals surface area (Å²) in [5, 5.41) is 3.02. The molecule has 8 heteroatoms. The third-order valence-corrected chi connectivity index (χ3v) is 5.77. The van der Waals surface area contributed by atoms with Crippen molar-refractivity contribution in [3.8, 4) is 0 Å². The average molecular weight is 332 g/mol. The standard InChI is InChI=1S/C13H24N4O2S2/c1-5-7-14-13-15-9-12(10-16-13)21(18,19)17(3)11(2)6-8-20-4/h9-11H,5-8H2,1-4H3,(H,14,15,16). The van der Waals surface area contributed by atoms with Crippen molar-refractivity contribution >= 4 is 27.7 Å². The highest BCUT2D eigenvalue weighted by molar-refractivity contribution is 7.98. The molecular weight excluding hydrogens is 308 g/mol. The summed E-state index contributed by atoms with van der Waals surface area (Å²) in [5.41, 5.74) is 0. The smallest absolute Gasteiger partial charge is 0.246 e. The van der Waals surface area contributed by atoms with E-state index in [1.54, 1.807) is 18.8 Å². The Kier molecular flexibility index (Phi) is 7.41. The number of hydrogen-bond acceptors (Lipinski definition) is 6. The molecule has 120 valence electrons. The van der Waals surface area contributed by atoms with Gasteiger partial charge in [0.1, 0.15) is 4.90 Å². The van der Waals surface area contributed by atoms with E-state index in [4.69, 9.17) is 0 Å². The fourth-order valence-corrected chi connectivity index (χ4v) is 3.51. The Hall–Kier alpha value is -0.860. The fraction of sp³-hybridized carbons (Fsp3) is 0.692. The zero-order valence-electron chi connectivity index (χ0n) is 13.0. The zero-order chi connectivity index (χ0) is 15.9. The number of aromatic nitrogens is 2. The van der Waals surface area contributed by atoms with Crippen LogP contribution in [-0.2, 0) is 10.0 Å². The Bertz CT molecular complexity index is 519. The van der Waals surface area contributed by atoms with E-state index in [1.807, 2.05) is 20.1 Å². The van der Waals surface area contributed by atoms with Gasteiger partial charge in [0.25, 0.3) is 0 Å². The van der Waals surface area contributed by atoms with Gasteiger partial charge in [-0.15, -0.1) is 0 Å². The summed E-state index contributed by atoms with van der Waals surface area (Å²) in [4.78, 5) is 8.24. The van der Waals surface area contributed by atoms with Gasteiger partial charge in [-0.25, -0.2) is 18.4 Å². The summed E-state index contributed by atoms with van der Waals surface area (Å²) in [7, 11) is -1.93. The van der Waals surface area contributed by atoms with Crippen molar-refractivity contribution in [1.82, 2.24) is 14.3 Å². The van der Waals surface area contributed by atoms with Gasteiger partial charge >= 0.3 is 0 Å². The first-order valence-electron chi connectivity index (χ1n) is 6.96. The molecule has 0 aromatic carbocycles. The van der Waals surface area contributed by atoms with Gasteiger partial charge in [0, 0.05) is 19.6 Å². The molecule has 0 spiro atoms. The van der Waals surface area contributed by atoms with Crippen molar-refractivity contribution in [2.75, 3.05) is 30.9 Å². The van der Waals surface area contributed by atoms with Crippen molar-refractivity contribution in [1.29, 1.82) is 0 Å². The minimum absolute atomic E-state index is 0.0552. The fourth-order valence-electron chi connectivity index (χ4n) is 1.65. The maximum atomic E-state index is 12.5. The van der Waals surface area contributed by atoms with E-state index < -0.39 is 10.0 Å². The van der Waals surface area contributed by atoms with Crippen LogP contribution in [0.1, 0.15) is 26.7 Å². The quantitative estimate of drug-likeness (QED) is 0.746. The van der Waals surface area contributed by atoms with Crippen LogP contribution in [-0.4, -0.2) is 54.3 Å². The SMILES string of the molecule is CCCNc1ncc(S(=O)(=O)N(C)C(C)CCSC)cn1. The van der Waals surface area contributed by atoms with E-state index in [0.29, 0.717) is 5.95 Å². The third-order valence-electron chi connectivity index (χ3n) is 3.20. The molecule has 1 unspecified atom stereocenters. The van der Waals surface area contributed by atoms with Crippen molar-refractivity contribution < 1.29 is 8.42 Å². The van der Waals surface area contributed by atoms with Crippen molar-refractivity contribution in [3.63, 3.8) is 0 Å². The van der Waals surface area contributed by atoms with Crippen LogP contribution in [0.15, 0.2) is 17.3 Å². The molecular formula is C13H24N4O2S2. The lowest BCUT2D eigenvalue weighted by molar-refractivity contribution is 0.382. The molecule has 1 aromatic rings. The molecule has 1 atom stereocenters. The maximum Gasteiger partial charge on any atom is 0.246 e. The summed E-state index contributed by atoms with van der Waals surface area (Å²) in [6.07, 6.45) is 6.50. The van der Waals surface area contributed by atoms with Crippen molar-refractivity contribution in [2.45, 2.75) is 37.6 Å². The molecule has 0 saturated carbocycles. The van der Waals surface area contributed by atoms with Crippen LogP contribution in [0.5, 0.6) is 0 Å². The molecule has 0 aliphatic rings. The highest BCUT2D eigenvalue weighted by Gasteiger charge is 2.25. The van der Waals surface area contributed by atoms with Gasteiger partial charge in [-0.05, 0) is 31.8 Å². The summed E-state index contributed by atoms with van der Waals surface area (Å²) >= 11 is 1.71. The van der Waals surface area contributed by atoms with Crippen LogP contribution >= 0.6 is 11.8 Å². The predicted molar refractivity (Wildman–Crippen MR) is 88.2 cm³/mol. The van der Waals surface area contributed by atoms with Crippen LogP contribution in [0.3, 0.4) is 0 Å². The van der Waals surface area contributed by atoms with Crippen LogP contribution in [0, 0.1) is 0 Å². The Morgan fingerprint density at radius 2 is 2.00 bits per heavy atom. The Balaban J connectivity index is 2.81. The van der Waals surface area contributed by atoms with E-state index >= 15 is 0 Å². The van der Waals surface area contributed by atoms with Gasteiger partial charge in [-0.3, -0.25) is 0 Å². The van der Waals surface area contributed by atoms with Crippen LogP contribution in [0.25, 0.3) is 0 Å². The lowest BCUT2D eigenvalue weighted by Crippen LogP contribution is -2.35. The van der Waals surface area contributed by atoms with E-state index in [1.165, 1.54) is 16.7 Å². The molecule has 1 heterocycles. The van der Waals surface area contributed by atoms with E-state index in [0.717, 1.165) is 25.1 Å². The van der Waals surface area contributed by atoms with Crippen molar-refractivity contribution in [3.05, 3.63) is 12.4 Å². The number of anilines is 1. The topological polar surface area (TPSA) is 75.2 Å². The normalized spacial score (nSPS) is 13.4. The zero-order valence-corrected chi connectivity index (χ0v) is 14.7. The Morgan fingerprint density at radius 3 is 2.52 bits per heavy atom. The number of hydrogen-bond donors (Lipinski definition) is 1. The van der Waals surface area contributed by atoms with Gasteiger partial charge in [0.2, 0.25) is 16.0 Å². The lowest BCUT2D eigenvalue weighted by Gasteiger charge is -2.23. The molecule has 0 aliphatic heterocycles. The monoisotopic (exact) mass is 332 g/mol. The lowest BCUT2D eigenvalue weighted by atomic mass is 10.3. The number of rotatable bonds is 9. The van der Waals surface area contributed by atoms with Gasteiger partial charge in [-0.1, -0.05) is 6.92 Å². The molecule has 1 rings (SSSR count). The maximum absolute atomic E-state index is 12.5. The van der Waals surface area contributed by atoms with Crippen LogP contribution in [0.2, 0.25) is 0 Å². The minimum atomic E-state index is -3.53. The second-order valence-electron chi connectivity index (χ2n) is 4.82. The molecule has 6 nitrogen and oxygen atoms in total. The highest BCUT2D eigenvalue weighted by atomic mass is 32.2. The molecule has 0 saturated heterocycles. The second-order valence-corrected chi connectivity index (χ2v) is 7.80. The molecule has 0 amide bonds. The number of sulfonamides is 1. The van der Waals surface area contributed by atoms with E-state index in [9.17, 15) is 8.42 Å². The second kappa shape index (κ2) is 8.55. The molecule has 1 aromatic heterocycles. The van der Waals surface area contributed by atoms with Crippen LogP contribution in [0.4, 0.5) is 5.95 Å². The van der Waals surface area contributed by atoms with Crippen LogP contribution < -0.4 is 5.32 Å². The number of thioether (sulfide) groups is 1. The molecule has 1 N–H and O–H groups in total. The first kappa shape index (κ1) is 18.2. The molecule has 0 fully saturated rings. The van der Waals surface area contributed by atoms with Gasteiger partial charge < -0.3 is 5.32 Å². The first-order valence-corrected chi connectivity index (χ1v) is 9.79. The summed E-state index contributed by atoms with van der Waals surface area (Å²) < 4.78 is 26.4. The van der Waals surface area contributed by atoms with E-state index in [-0.39, 0.29) is 10.9 Å². The van der Waals surface area contributed by atoms with E-state index in [2.05, 4.69) is 15.3 Å². The predicted octanol–water partition coefficient (Wildman–Crippen LogP) is 2.06. The van der Waals surface area contributed by atoms with Crippen molar-refractivity contribution in [2.24, 2.45) is 0 Å². The van der Waals surface area contributed by atoms with Gasteiger partial charge in [-0.2, -0.15) is 16.1 Å². The molecule has 0 bridgehead atoms. The largest absolute Gasteiger partial charge is 0.354 e. The summed E-state index contributed by atoms with van der Waals surface area (Å²) in [6.45, 7) is 4.71. The molecule has 21 heavy (non-hydrogen) atoms. The summed E-state index contributed by atoms with van der Waals surface area (Å²) in [6, 6.07) is -0.0552. The highest BCUT2D eigenvalue weighted by Crippen LogP contribution is 2.17. The first-order chi connectivity index (χ1) is 9.93. The van der Waals surface area contributed by atoms with Gasteiger partial charge in [0.15, 0.2) is 0 Å². The molecule has 0 radical (unpaired) electrons. The average Bonchev–Trinajstić information content (AvgIpc) is 2.50. The Morgan fingerprint density at radius 1 is 1.38 bits per heavy atom. The number of nitrogens with one attached hydrogen (secondary N) is 1.